The number of aryl methyl sites for hydroxylation is 1. The summed E-state index contributed by atoms with van der Waals surface area (Å²) in [4.78, 5) is 2.25. The Balaban J connectivity index is 1.70. The topological polar surface area (TPSA) is 58.6 Å². The SMILES string of the molecule is Cc1ccc(OCCS(=O)(=O)NCC2CCCN(C)C2)cc1. The van der Waals surface area contributed by atoms with Crippen LogP contribution in [0.3, 0.4) is 0 Å². The van der Waals surface area contributed by atoms with E-state index >= 15 is 0 Å². The zero-order chi connectivity index (χ0) is 16.0. The minimum absolute atomic E-state index is 0.0105. The van der Waals surface area contributed by atoms with Crippen molar-refractivity contribution >= 4 is 10.0 Å². The zero-order valence-corrected chi connectivity index (χ0v) is 14.2. The van der Waals surface area contributed by atoms with Crippen LogP contribution >= 0.6 is 0 Å². The fraction of sp³-hybridized carbons (Fsp3) is 0.625. The Morgan fingerprint density at radius 2 is 2.05 bits per heavy atom. The molecule has 1 heterocycles. The first kappa shape index (κ1) is 17.2. The number of piperidine rings is 1. The Morgan fingerprint density at radius 1 is 1.32 bits per heavy atom. The van der Waals surface area contributed by atoms with Crippen LogP contribution in [0.2, 0.25) is 0 Å². The van der Waals surface area contributed by atoms with Crippen molar-refractivity contribution in [1.29, 1.82) is 0 Å². The van der Waals surface area contributed by atoms with Crippen LogP contribution in [0, 0.1) is 12.8 Å². The van der Waals surface area contributed by atoms with Crippen LogP contribution in [0.5, 0.6) is 5.75 Å². The number of likely N-dealkylation sites (tertiary alicyclic amines) is 1. The molecule has 22 heavy (non-hydrogen) atoms. The normalized spacial score (nSPS) is 20.0. The maximum absolute atomic E-state index is 12.0. The molecule has 5 nitrogen and oxygen atoms in total. The maximum atomic E-state index is 12.0. The number of benzene rings is 1. The molecule has 1 saturated heterocycles. The molecule has 1 atom stereocenters. The number of hydrogen-bond donors (Lipinski definition) is 1. The molecule has 6 heteroatoms. The van der Waals surface area contributed by atoms with Gasteiger partial charge in [-0.25, -0.2) is 13.1 Å². The van der Waals surface area contributed by atoms with E-state index < -0.39 is 10.0 Å². The molecule has 0 bridgehead atoms. The average Bonchev–Trinajstić information content (AvgIpc) is 2.47. The Morgan fingerprint density at radius 3 is 2.73 bits per heavy atom. The third-order valence-corrected chi connectivity index (χ3v) is 5.27. The van der Waals surface area contributed by atoms with Crippen molar-refractivity contribution in [3.63, 3.8) is 0 Å². The van der Waals surface area contributed by atoms with Gasteiger partial charge in [0.25, 0.3) is 0 Å². The Hall–Kier alpha value is -1.11. The van der Waals surface area contributed by atoms with E-state index in [0.717, 1.165) is 31.5 Å². The van der Waals surface area contributed by atoms with E-state index in [1.807, 2.05) is 31.2 Å². The van der Waals surface area contributed by atoms with E-state index in [-0.39, 0.29) is 12.4 Å². The first-order chi connectivity index (χ1) is 10.4. The summed E-state index contributed by atoms with van der Waals surface area (Å²) in [6.45, 7) is 4.76. The van der Waals surface area contributed by atoms with E-state index in [2.05, 4.69) is 16.7 Å². The van der Waals surface area contributed by atoms with Crippen LogP contribution in [-0.2, 0) is 10.0 Å². The quantitative estimate of drug-likeness (QED) is 0.827. The third kappa shape index (κ3) is 5.94. The monoisotopic (exact) mass is 326 g/mol. The average molecular weight is 326 g/mol. The van der Waals surface area contributed by atoms with Gasteiger partial charge in [-0.2, -0.15) is 0 Å². The smallest absolute Gasteiger partial charge is 0.214 e. The molecular weight excluding hydrogens is 300 g/mol. The molecule has 1 aromatic carbocycles. The van der Waals surface area contributed by atoms with E-state index in [1.165, 1.54) is 0 Å². The van der Waals surface area contributed by atoms with E-state index in [0.29, 0.717) is 18.2 Å². The van der Waals surface area contributed by atoms with Gasteiger partial charge in [0, 0.05) is 13.1 Å². The zero-order valence-electron chi connectivity index (χ0n) is 13.4. The Kier molecular flexibility index (Phi) is 6.23. The fourth-order valence-corrected chi connectivity index (χ4v) is 3.60. The van der Waals surface area contributed by atoms with Gasteiger partial charge < -0.3 is 9.64 Å². The van der Waals surface area contributed by atoms with Crippen molar-refractivity contribution in [2.45, 2.75) is 19.8 Å². The van der Waals surface area contributed by atoms with Crippen LogP contribution in [0.1, 0.15) is 18.4 Å². The third-order valence-electron chi connectivity index (χ3n) is 3.96. The lowest BCUT2D eigenvalue weighted by atomic mass is 9.99. The second-order valence-corrected chi connectivity index (χ2v) is 8.03. The highest BCUT2D eigenvalue weighted by atomic mass is 32.2. The number of rotatable bonds is 7. The summed E-state index contributed by atoms with van der Waals surface area (Å²) in [7, 11) is -1.19. The van der Waals surface area contributed by atoms with Crippen molar-refractivity contribution in [3.05, 3.63) is 29.8 Å². The van der Waals surface area contributed by atoms with Gasteiger partial charge in [-0.05, 0) is 51.4 Å². The Bertz CT molecular complexity index is 557. The summed E-state index contributed by atoms with van der Waals surface area (Å²) in [6, 6.07) is 7.60. The number of ether oxygens (including phenoxy) is 1. The first-order valence-electron chi connectivity index (χ1n) is 7.80. The predicted molar refractivity (Wildman–Crippen MR) is 88.7 cm³/mol. The molecule has 0 radical (unpaired) electrons. The summed E-state index contributed by atoms with van der Waals surface area (Å²) >= 11 is 0. The van der Waals surface area contributed by atoms with Gasteiger partial charge in [0.1, 0.15) is 12.4 Å². The fourth-order valence-electron chi connectivity index (χ4n) is 2.66. The molecule has 0 aromatic heterocycles. The highest BCUT2D eigenvalue weighted by Crippen LogP contribution is 2.14. The minimum atomic E-state index is -3.27. The largest absolute Gasteiger partial charge is 0.492 e. The van der Waals surface area contributed by atoms with Gasteiger partial charge in [0.05, 0.1) is 5.75 Å². The molecule has 0 amide bonds. The number of hydrogen-bond acceptors (Lipinski definition) is 4. The summed E-state index contributed by atoms with van der Waals surface area (Å²) in [5.41, 5.74) is 1.15. The second kappa shape index (κ2) is 7.94. The van der Waals surface area contributed by atoms with Gasteiger partial charge >= 0.3 is 0 Å². The van der Waals surface area contributed by atoms with E-state index in [1.54, 1.807) is 0 Å². The molecule has 1 unspecified atom stereocenters. The highest BCUT2D eigenvalue weighted by Gasteiger charge is 2.19. The van der Waals surface area contributed by atoms with Crippen molar-refractivity contribution < 1.29 is 13.2 Å². The number of nitrogens with one attached hydrogen (secondary N) is 1. The second-order valence-electron chi connectivity index (χ2n) is 6.10. The van der Waals surface area contributed by atoms with Crippen LogP contribution in [0.4, 0.5) is 0 Å². The van der Waals surface area contributed by atoms with Crippen molar-refractivity contribution in [2.75, 3.05) is 39.0 Å². The van der Waals surface area contributed by atoms with Crippen LogP contribution < -0.4 is 9.46 Å². The summed E-state index contributed by atoms with van der Waals surface area (Å²) in [5.74, 6) is 1.10. The summed E-state index contributed by atoms with van der Waals surface area (Å²) < 4.78 is 32.2. The lowest BCUT2D eigenvalue weighted by molar-refractivity contribution is 0.211. The van der Waals surface area contributed by atoms with Gasteiger partial charge in [0.15, 0.2) is 0 Å². The summed E-state index contributed by atoms with van der Waals surface area (Å²) in [6.07, 6.45) is 2.23. The van der Waals surface area contributed by atoms with Crippen LogP contribution in [-0.4, -0.2) is 52.4 Å². The van der Waals surface area contributed by atoms with Gasteiger partial charge in [-0.15, -0.1) is 0 Å². The lowest BCUT2D eigenvalue weighted by Crippen LogP contribution is -2.40. The first-order valence-corrected chi connectivity index (χ1v) is 9.45. The summed E-state index contributed by atoms with van der Waals surface area (Å²) in [5, 5.41) is 0. The van der Waals surface area contributed by atoms with Crippen LogP contribution in [0.25, 0.3) is 0 Å². The van der Waals surface area contributed by atoms with Gasteiger partial charge in [0.2, 0.25) is 10.0 Å². The number of nitrogens with zero attached hydrogens (tertiary/aromatic N) is 1. The molecule has 124 valence electrons. The van der Waals surface area contributed by atoms with Gasteiger partial charge in [-0.1, -0.05) is 17.7 Å². The molecule has 0 spiro atoms. The molecule has 0 saturated carbocycles. The number of sulfonamides is 1. The molecule has 1 N–H and O–H groups in total. The standard InChI is InChI=1S/C16H26N2O3S/c1-14-5-7-16(8-6-14)21-10-11-22(19,20)17-12-15-4-3-9-18(2)13-15/h5-8,15,17H,3-4,9-13H2,1-2H3. The van der Waals surface area contributed by atoms with Gasteiger partial charge in [-0.3, -0.25) is 0 Å². The molecule has 1 aromatic rings. The molecule has 0 aliphatic carbocycles. The van der Waals surface area contributed by atoms with E-state index in [9.17, 15) is 8.42 Å². The molecule has 1 fully saturated rings. The Labute approximate surface area is 133 Å². The molecular formula is C16H26N2O3S. The molecule has 2 rings (SSSR count). The maximum Gasteiger partial charge on any atom is 0.214 e. The predicted octanol–water partition coefficient (Wildman–Crippen LogP) is 1.64. The highest BCUT2D eigenvalue weighted by molar-refractivity contribution is 7.89. The van der Waals surface area contributed by atoms with Crippen molar-refractivity contribution in [2.24, 2.45) is 5.92 Å². The van der Waals surface area contributed by atoms with Crippen molar-refractivity contribution in [1.82, 2.24) is 9.62 Å². The van der Waals surface area contributed by atoms with Crippen molar-refractivity contribution in [3.8, 4) is 5.75 Å². The minimum Gasteiger partial charge on any atom is -0.492 e. The lowest BCUT2D eigenvalue weighted by Gasteiger charge is -2.29. The molecule has 1 aliphatic heterocycles. The molecule has 1 aliphatic rings. The van der Waals surface area contributed by atoms with E-state index in [4.69, 9.17) is 4.74 Å². The van der Waals surface area contributed by atoms with Crippen LogP contribution in [0.15, 0.2) is 24.3 Å².